The maximum atomic E-state index is 4.67. The average molecular weight is 431 g/mol. The Bertz CT molecular complexity index is 692. The van der Waals surface area contributed by atoms with Crippen LogP contribution in [0.25, 0.3) is 21.8 Å². The van der Waals surface area contributed by atoms with Crippen molar-refractivity contribution < 1.29 is 0 Å². The molecule has 2 aromatic carbocycles. The van der Waals surface area contributed by atoms with Crippen LogP contribution in [0.2, 0.25) is 0 Å². The molecule has 0 aliphatic carbocycles. The highest BCUT2D eigenvalue weighted by atomic mass is 127. The van der Waals surface area contributed by atoms with Crippen LogP contribution in [0.1, 0.15) is 0 Å². The maximum Gasteiger partial charge on any atom is 0.0721 e. The summed E-state index contributed by atoms with van der Waals surface area (Å²) in [6.07, 6.45) is 0. The number of para-hydroxylation sites is 1. The molecule has 0 atom stereocenters. The van der Waals surface area contributed by atoms with Crippen LogP contribution in [0.3, 0.4) is 0 Å². The van der Waals surface area contributed by atoms with Crippen molar-refractivity contribution in [1.82, 2.24) is 4.98 Å². The summed E-state index contributed by atoms with van der Waals surface area (Å²) < 4.78 is 2.57. The number of rotatable bonds is 0. The summed E-state index contributed by atoms with van der Waals surface area (Å²) in [5, 5.41) is 2.45. The molecule has 0 radical (unpaired) electrons. The smallest absolute Gasteiger partial charge is 0.0721 e. The number of hydrogen-bond donors (Lipinski definition) is 0. The summed E-state index contributed by atoms with van der Waals surface area (Å²) in [5.74, 6) is 0. The molecule has 0 N–H and O–H groups in total. The third-order valence-corrected chi connectivity index (χ3v) is 5.68. The fourth-order valence-electron chi connectivity index (χ4n) is 1.79. The van der Waals surface area contributed by atoms with E-state index in [9.17, 15) is 0 Å². The Morgan fingerprint density at radius 2 is 1.69 bits per heavy atom. The summed E-state index contributed by atoms with van der Waals surface area (Å²) in [6, 6.07) is 14.7. The van der Waals surface area contributed by atoms with Crippen LogP contribution >= 0.6 is 45.2 Å². The van der Waals surface area contributed by atoms with Gasteiger partial charge in [-0.05, 0) is 69.4 Å². The van der Waals surface area contributed by atoms with Gasteiger partial charge in [0.05, 0.1) is 11.0 Å². The molecule has 0 aliphatic rings. The molecule has 16 heavy (non-hydrogen) atoms. The van der Waals surface area contributed by atoms with Gasteiger partial charge in [0.2, 0.25) is 0 Å². The van der Waals surface area contributed by atoms with Crippen molar-refractivity contribution in [1.29, 1.82) is 0 Å². The Balaban J connectivity index is 2.51. The van der Waals surface area contributed by atoms with Crippen molar-refractivity contribution in [2.45, 2.75) is 0 Å². The van der Waals surface area contributed by atoms with Crippen LogP contribution < -0.4 is 0 Å². The normalized spacial score (nSPS) is 11.1. The number of nitrogens with zero attached hydrogens (tertiary/aromatic N) is 1. The molecule has 0 bridgehead atoms. The zero-order valence-corrected chi connectivity index (χ0v) is 12.6. The van der Waals surface area contributed by atoms with E-state index in [-0.39, 0.29) is 0 Å². The zero-order valence-electron chi connectivity index (χ0n) is 8.24. The number of hydrogen-bond acceptors (Lipinski definition) is 1. The molecule has 0 fully saturated rings. The molecule has 3 rings (SSSR count). The van der Waals surface area contributed by atoms with Gasteiger partial charge in [-0.25, -0.2) is 4.98 Å². The minimum atomic E-state index is 1.06. The van der Waals surface area contributed by atoms with Gasteiger partial charge in [-0.15, -0.1) is 0 Å². The molecule has 1 aromatic heterocycles. The van der Waals surface area contributed by atoms with Gasteiger partial charge >= 0.3 is 0 Å². The minimum Gasteiger partial charge on any atom is -0.248 e. The van der Waals surface area contributed by atoms with Gasteiger partial charge < -0.3 is 0 Å². The van der Waals surface area contributed by atoms with Gasteiger partial charge in [-0.2, -0.15) is 0 Å². The number of halogens is 2. The van der Waals surface area contributed by atoms with Crippen molar-refractivity contribution in [3.8, 4) is 0 Å². The SMILES string of the molecule is Ic1ccc2nc3ccccc3cc2c1I. The van der Waals surface area contributed by atoms with Crippen LogP contribution in [-0.4, -0.2) is 4.98 Å². The van der Waals surface area contributed by atoms with Gasteiger partial charge in [-0.1, -0.05) is 18.2 Å². The molecular weight excluding hydrogens is 424 g/mol. The Hall–Kier alpha value is -0.430. The first-order valence-electron chi connectivity index (χ1n) is 4.89. The second-order valence-corrected chi connectivity index (χ2v) is 5.85. The van der Waals surface area contributed by atoms with Crippen LogP contribution in [0.4, 0.5) is 0 Å². The van der Waals surface area contributed by atoms with E-state index >= 15 is 0 Å². The highest BCUT2D eigenvalue weighted by molar-refractivity contribution is 14.1. The van der Waals surface area contributed by atoms with Crippen LogP contribution in [0, 0.1) is 7.14 Å². The van der Waals surface area contributed by atoms with Gasteiger partial charge in [0.1, 0.15) is 0 Å². The van der Waals surface area contributed by atoms with Gasteiger partial charge in [-0.3, -0.25) is 0 Å². The largest absolute Gasteiger partial charge is 0.248 e. The highest BCUT2D eigenvalue weighted by Gasteiger charge is 2.05. The molecular formula is C13H7I2N. The molecule has 78 valence electrons. The predicted molar refractivity (Wildman–Crippen MR) is 84.7 cm³/mol. The summed E-state index contributed by atoms with van der Waals surface area (Å²) in [6.45, 7) is 0. The molecule has 1 nitrogen and oxygen atoms in total. The van der Waals surface area contributed by atoms with E-state index in [2.05, 4.69) is 86.6 Å². The first kappa shape index (κ1) is 10.7. The number of fused-ring (bicyclic) bond motifs is 2. The number of pyridine rings is 1. The maximum absolute atomic E-state index is 4.67. The van der Waals surface area contributed by atoms with Crippen molar-refractivity contribution in [2.75, 3.05) is 0 Å². The van der Waals surface area contributed by atoms with Crippen LogP contribution in [0.15, 0.2) is 42.5 Å². The molecule has 0 saturated carbocycles. The summed E-state index contributed by atoms with van der Waals surface area (Å²) in [5.41, 5.74) is 2.13. The molecule has 0 unspecified atom stereocenters. The molecule has 3 aromatic rings. The van der Waals surface area contributed by atoms with E-state index in [1.165, 1.54) is 17.9 Å². The minimum absolute atomic E-state index is 1.06. The summed E-state index contributed by atoms with van der Waals surface area (Å²) >= 11 is 4.75. The number of benzene rings is 2. The van der Waals surface area contributed by atoms with E-state index < -0.39 is 0 Å². The quantitative estimate of drug-likeness (QED) is 0.375. The topological polar surface area (TPSA) is 12.9 Å². The average Bonchev–Trinajstić information content (AvgIpc) is 2.32. The van der Waals surface area contributed by atoms with Crippen molar-refractivity contribution >= 4 is 67.0 Å². The fourth-order valence-corrected chi connectivity index (χ4v) is 2.87. The van der Waals surface area contributed by atoms with E-state index in [0.717, 1.165) is 11.0 Å². The summed E-state index contributed by atoms with van der Waals surface area (Å²) in [7, 11) is 0. The lowest BCUT2D eigenvalue weighted by molar-refractivity contribution is 1.48. The molecule has 0 amide bonds. The fraction of sp³-hybridized carbons (Fsp3) is 0. The molecule has 0 aliphatic heterocycles. The molecule has 3 heteroatoms. The highest BCUT2D eigenvalue weighted by Crippen LogP contribution is 2.27. The van der Waals surface area contributed by atoms with Crippen LogP contribution in [0.5, 0.6) is 0 Å². The first-order chi connectivity index (χ1) is 7.75. The lowest BCUT2D eigenvalue weighted by Crippen LogP contribution is -1.87. The lowest BCUT2D eigenvalue weighted by atomic mass is 10.1. The monoisotopic (exact) mass is 431 g/mol. The zero-order chi connectivity index (χ0) is 11.1. The van der Waals surface area contributed by atoms with Gasteiger partial charge in [0.15, 0.2) is 0 Å². The predicted octanol–water partition coefficient (Wildman–Crippen LogP) is 4.60. The Morgan fingerprint density at radius 1 is 0.875 bits per heavy atom. The van der Waals surface area contributed by atoms with Gasteiger partial charge in [0, 0.05) is 17.9 Å². The van der Waals surface area contributed by atoms with Gasteiger partial charge in [0.25, 0.3) is 0 Å². The van der Waals surface area contributed by atoms with Crippen molar-refractivity contribution in [3.05, 3.63) is 49.6 Å². The second kappa shape index (κ2) is 4.10. The molecule has 0 saturated heterocycles. The van der Waals surface area contributed by atoms with E-state index in [1.807, 2.05) is 6.07 Å². The lowest BCUT2D eigenvalue weighted by Gasteiger charge is -2.04. The Kier molecular flexibility index (Phi) is 2.75. The molecule has 1 heterocycles. The first-order valence-corrected chi connectivity index (χ1v) is 7.05. The third kappa shape index (κ3) is 1.69. The van der Waals surface area contributed by atoms with Crippen molar-refractivity contribution in [3.63, 3.8) is 0 Å². The van der Waals surface area contributed by atoms with E-state index in [4.69, 9.17) is 0 Å². The standard InChI is InChI=1S/C13H7I2N/c14-10-5-6-12-9(13(10)15)7-8-3-1-2-4-11(8)16-12/h1-7H. The van der Waals surface area contributed by atoms with Crippen LogP contribution in [-0.2, 0) is 0 Å². The van der Waals surface area contributed by atoms with E-state index in [0.29, 0.717) is 0 Å². The number of aromatic nitrogens is 1. The van der Waals surface area contributed by atoms with Crippen molar-refractivity contribution in [2.24, 2.45) is 0 Å². The second-order valence-electron chi connectivity index (χ2n) is 3.61. The Morgan fingerprint density at radius 3 is 2.56 bits per heavy atom. The van der Waals surface area contributed by atoms with E-state index in [1.54, 1.807) is 0 Å². The third-order valence-electron chi connectivity index (χ3n) is 2.59. The summed E-state index contributed by atoms with van der Waals surface area (Å²) in [4.78, 5) is 4.67. The molecule has 0 spiro atoms. The Labute approximate surface area is 121 Å².